The molecule has 1 radical (unpaired) electrons. The van der Waals surface area contributed by atoms with E-state index in [1.807, 2.05) is 0 Å². The van der Waals surface area contributed by atoms with Gasteiger partial charge in [-0.25, -0.2) is 0 Å². The van der Waals surface area contributed by atoms with Crippen molar-refractivity contribution in [1.82, 2.24) is 0 Å². The van der Waals surface area contributed by atoms with Crippen molar-refractivity contribution in [3.05, 3.63) is 0 Å². The number of hydrogen-bond acceptors (Lipinski definition) is 7. The quantitative estimate of drug-likeness (QED) is 0.181. The van der Waals surface area contributed by atoms with E-state index in [0.29, 0.717) is 0 Å². The maximum absolute atomic E-state index is 10.0. The fourth-order valence-electron chi connectivity index (χ4n) is 0.737. The van der Waals surface area contributed by atoms with E-state index in [-0.39, 0.29) is 35.8 Å². The van der Waals surface area contributed by atoms with Crippen LogP contribution in [0.1, 0.15) is 0 Å². The van der Waals surface area contributed by atoms with E-state index in [1.54, 1.807) is 0 Å². The average Bonchev–Trinajstić information content (AvgIpc) is 2.22. The largest absolute Gasteiger partial charge is 0.388 e. The van der Waals surface area contributed by atoms with Crippen LogP contribution in [0.5, 0.6) is 0 Å². The molecule has 5 atom stereocenters. The molecule has 16 heavy (non-hydrogen) atoms. The predicted molar refractivity (Wildman–Crippen MR) is 52.6 cm³/mol. The first-order chi connectivity index (χ1) is 6.90. The summed E-state index contributed by atoms with van der Waals surface area (Å²) in [5.41, 5.74) is 0. The van der Waals surface area contributed by atoms with Gasteiger partial charge in [-0.1, -0.05) is 0 Å². The first-order valence-electron chi connectivity index (χ1n) is 3.81. The second-order valence-corrected chi connectivity index (χ2v) is 3.35. The summed E-state index contributed by atoms with van der Waals surface area (Å²) in [5.74, 6) is 0. The number of aliphatic hydroxyl groups is 4. The van der Waals surface area contributed by atoms with Crippen LogP contribution in [0.25, 0.3) is 0 Å². The smallest absolute Gasteiger partial charge is 0.301 e. The minimum Gasteiger partial charge on any atom is -0.388 e. The van der Waals surface area contributed by atoms with Crippen LogP contribution in [0.15, 0.2) is 0 Å². The molecule has 0 aliphatic carbocycles. The van der Waals surface area contributed by atoms with Gasteiger partial charge in [-0.3, -0.25) is 8.74 Å². The topological polar surface area (TPSA) is 145 Å². The van der Waals surface area contributed by atoms with Crippen LogP contribution in [0, 0.1) is 0 Å². The average molecular weight is 267 g/mol. The first-order valence-corrected chi connectivity index (χ1v) is 4.85. The summed E-state index contributed by atoms with van der Waals surface area (Å²) in [6.07, 6.45) is -7.34. The molecule has 8 nitrogen and oxygen atoms in total. The van der Waals surface area contributed by atoms with Gasteiger partial charge in [0.2, 0.25) is 0 Å². The molecule has 0 aliphatic rings. The van der Waals surface area contributed by atoms with E-state index >= 15 is 0 Å². The summed E-state index contributed by atoms with van der Waals surface area (Å²) in [4.78, 5) is 10.0. The third-order valence-corrected chi connectivity index (χ3v) is 1.91. The number of carbonyl (C=O) groups is 1. The fourth-order valence-corrected chi connectivity index (χ4v) is 0.992. The van der Waals surface area contributed by atoms with Gasteiger partial charge < -0.3 is 25.2 Å². The van der Waals surface area contributed by atoms with Crippen molar-refractivity contribution < 1.29 is 38.2 Å². The van der Waals surface area contributed by atoms with Crippen LogP contribution >= 0.6 is 0 Å². The van der Waals surface area contributed by atoms with Crippen LogP contribution in [-0.4, -0.2) is 96.1 Å². The second-order valence-electron chi connectivity index (χ2n) is 2.68. The minimum absolute atomic E-state index is 0. The summed E-state index contributed by atoms with van der Waals surface area (Å²) < 4.78 is 22.2. The van der Waals surface area contributed by atoms with Crippen molar-refractivity contribution in [2.24, 2.45) is 0 Å². The number of hydrogen-bond donors (Lipinski definition) is 5. The molecule has 1 unspecified atom stereocenters. The van der Waals surface area contributed by atoms with Crippen LogP contribution < -0.4 is 0 Å². The Bertz CT molecular complexity index is 227. The van der Waals surface area contributed by atoms with Crippen molar-refractivity contribution in [2.75, 3.05) is 6.61 Å². The van der Waals surface area contributed by atoms with Gasteiger partial charge >= 0.3 is 11.4 Å². The maximum atomic E-state index is 10.0. The van der Waals surface area contributed by atoms with E-state index < -0.39 is 42.4 Å². The van der Waals surface area contributed by atoms with Gasteiger partial charge in [0.05, 0.1) is 6.61 Å². The summed E-state index contributed by atoms with van der Waals surface area (Å²) >= 11 is -2.61. The van der Waals surface area contributed by atoms with Gasteiger partial charge in [0, 0.05) is 29.6 Å². The number of rotatable bonds is 7. The van der Waals surface area contributed by atoms with E-state index in [0.717, 1.165) is 0 Å². The molecule has 0 aromatic carbocycles. The Hall–Kier alpha value is 0.580. The van der Waals surface area contributed by atoms with Crippen LogP contribution in [0.4, 0.5) is 0 Å². The predicted octanol–water partition coefficient (Wildman–Crippen LogP) is -3.60. The number of aldehydes is 1. The summed E-state index contributed by atoms with van der Waals surface area (Å²) in [5, 5.41) is 36.0. The molecule has 0 spiro atoms. The van der Waals surface area contributed by atoms with Crippen LogP contribution in [-0.2, 0) is 20.3 Å². The van der Waals surface area contributed by atoms with Crippen molar-refractivity contribution in [2.45, 2.75) is 24.4 Å². The third kappa shape index (κ3) is 7.01. The molecule has 91 valence electrons. The summed E-state index contributed by atoms with van der Waals surface area (Å²) in [7, 11) is 0. The summed E-state index contributed by atoms with van der Waals surface area (Å²) in [6.45, 7) is -0.729. The molecule has 0 aromatic rings. The van der Waals surface area contributed by atoms with Crippen molar-refractivity contribution in [1.29, 1.82) is 0 Å². The van der Waals surface area contributed by atoms with Crippen molar-refractivity contribution in [3.63, 3.8) is 0 Å². The Morgan fingerprint density at radius 1 is 1.19 bits per heavy atom. The molecule has 0 rings (SSSR count). The molecule has 0 saturated heterocycles. The summed E-state index contributed by atoms with van der Waals surface area (Å²) in [6, 6.07) is 0. The second kappa shape index (κ2) is 9.59. The van der Waals surface area contributed by atoms with Gasteiger partial charge in [-0.2, -0.15) is 4.21 Å². The van der Waals surface area contributed by atoms with E-state index in [1.165, 1.54) is 0 Å². The molecule has 0 amide bonds. The molecule has 10 heteroatoms. The standard InChI is InChI=1S/C6H12O8S.Na/c7-1-3(8)5(10)6(11)4(9)2-14-15(12)13;/h1,3-6,8-11H,2H2,(H,12,13);/t3-,4-,5-,6-;/m1./s1. The molecular formula is C6H12NaO8S. The Kier molecular flexibility index (Phi) is 11.4. The van der Waals surface area contributed by atoms with E-state index in [4.69, 9.17) is 25.0 Å². The van der Waals surface area contributed by atoms with Gasteiger partial charge in [-0.05, 0) is 0 Å². The monoisotopic (exact) mass is 267 g/mol. The zero-order valence-electron chi connectivity index (χ0n) is 8.46. The zero-order valence-corrected chi connectivity index (χ0v) is 11.3. The zero-order chi connectivity index (χ0) is 12.0. The third-order valence-electron chi connectivity index (χ3n) is 1.57. The normalized spacial score (nSPS) is 20.1. The Balaban J connectivity index is 0. The molecule has 0 bridgehead atoms. The molecule has 0 saturated carbocycles. The van der Waals surface area contributed by atoms with Crippen LogP contribution in [0.2, 0.25) is 0 Å². The van der Waals surface area contributed by atoms with E-state index in [9.17, 15) is 9.00 Å². The molecule has 0 fully saturated rings. The SMILES string of the molecule is O=C[C@@H](O)[C@@H](O)[C@H](O)[C@H](O)COS(=O)O.[Na]. The van der Waals surface area contributed by atoms with Gasteiger partial charge in [0.25, 0.3) is 0 Å². The number of carbonyl (C=O) groups excluding carboxylic acids is 1. The van der Waals surface area contributed by atoms with Crippen molar-refractivity contribution >= 4 is 47.2 Å². The van der Waals surface area contributed by atoms with Gasteiger partial charge in [0.1, 0.15) is 24.4 Å². The first kappa shape index (κ1) is 18.9. The Morgan fingerprint density at radius 3 is 2.06 bits per heavy atom. The minimum atomic E-state index is -2.61. The van der Waals surface area contributed by atoms with Gasteiger partial charge in [-0.15, -0.1) is 0 Å². The van der Waals surface area contributed by atoms with Crippen molar-refractivity contribution in [3.8, 4) is 0 Å². The van der Waals surface area contributed by atoms with E-state index in [2.05, 4.69) is 4.18 Å². The molecule has 0 heterocycles. The van der Waals surface area contributed by atoms with Crippen LogP contribution in [0.3, 0.4) is 0 Å². The molecule has 0 aromatic heterocycles. The maximum Gasteiger partial charge on any atom is 0.301 e. The molecular weight excluding hydrogens is 255 g/mol. The van der Waals surface area contributed by atoms with Gasteiger partial charge in [0.15, 0.2) is 6.29 Å². The Labute approximate surface area is 116 Å². The molecule has 0 aliphatic heterocycles. The Morgan fingerprint density at radius 2 is 1.69 bits per heavy atom. The molecule has 5 N–H and O–H groups in total. The number of aliphatic hydroxyl groups excluding tert-OH is 4. The fraction of sp³-hybridized carbons (Fsp3) is 0.833.